The van der Waals surface area contributed by atoms with Crippen LogP contribution in [-0.2, 0) is 0 Å². The van der Waals surface area contributed by atoms with Crippen LogP contribution in [0, 0.1) is 5.82 Å². The highest BCUT2D eigenvalue weighted by Crippen LogP contribution is 2.35. The first-order chi connectivity index (χ1) is 8.97. The molecule has 0 aromatic heterocycles. The SMILES string of the molecule is C[C@H](N)c1cc(F)ccc1Sc1ccc(Cl)c(Cl)c1. The Hall–Kier alpha value is -0.740. The highest BCUT2D eigenvalue weighted by atomic mass is 35.5. The third-order valence-corrected chi connectivity index (χ3v) is 4.40. The van der Waals surface area contributed by atoms with Gasteiger partial charge >= 0.3 is 0 Å². The summed E-state index contributed by atoms with van der Waals surface area (Å²) in [5, 5.41) is 1.01. The van der Waals surface area contributed by atoms with Gasteiger partial charge in [-0.2, -0.15) is 0 Å². The number of halogens is 3. The van der Waals surface area contributed by atoms with E-state index in [1.165, 1.54) is 23.9 Å². The van der Waals surface area contributed by atoms with Gasteiger partial charge in [-0.1, -0.05) is 35.0 Å². The molecule has 19 heavy (non-hydrogen) atoms. The van der Waals surface area contributed by atoms with E-state index in [1.807, 2.05) is 13.0 Å². The zero-order valence-corrected chi connectivity index (χ0v) is 12.5. The normalized spacial score (nSPS) is 12.5. The van der Waals surface area contributed by atoms with Crippen LogP contribution in [0.4, 0.5) is 4.39 Å². The summed E-state index contributed by atoms with van der Waals surface area (Å²) >= 11 is 13.3. The van der Waals surface area contributed by atoms with Crippen LogP contribution in [0.5, 0.6) is 0 Å². The molecule has 0 radical (unpaired) electrons. The van der Waals surface area contributed by atoms with E-state index in [0.717, 1.165) is 15.4 Å². The highest BCUT2D eigenvalue weighted by molar-refractivity contribution is 7.99. The molecule has 0 saturated heterocycles. The van der Waals surface area contributed by atoms with E-state index >= 15 is 0 Å². The smallest absolute Gasteiger partial charge is 0.123 e. The molecule has 2 aromatic carbocycles. The van der Waals surface area contributed by atoms with Crippen LogP contribution >= 0.6 is 35.0 Å². The van der Waals surface area contributed by atoms with E-state index in [0.29, 0.717) is 10.0 Å². The molecular weight excluding hydrogens is 304 g/mol. The number of rotatable bonds is 3. The molecule has 2 aromatic rings. The van der Waals surface area contributed by atoms with Crippen molar-refractivity contribution in [3.05, 3.63) is 57.8 Å². The van der Waals surface area contributed by atoms with Gasteiger partial charge in [-0.3, -0.25) is 0 Å². The first-order valence-electron chi connectivity index (χ1n) is 5.65. The minimum absolute atomic E-state index is 0.235. The summed E-state index contributed by atoms with van der Waals surface area (Å²) in [5.74, 6) is -0.286. The van der Waals surface area contributed by atoms with Crippen LogP contribution in [0.1, 0.15) is 18.5 Å². The summed E-state index contributed by atoms with van der Waals surface area (Å²) < 4.78 is 13.3. The van der Waals surface area contributed by atoms with E-state index < -0.39 is 0 Å². The van der Waals surface area contributed by atoms with Crippen molar-refractivity contribution in [3.63, 3.8) is 0 Å². The average molecular weight is 316 g/mol. The Morgan fingerprint density at radius 2 is 1.84 bits per heavy atom. The van der Waals surface area contributed by atoms with Crippen molar-refractivity contribution in [2.24, 2.45) is 5.73 Å². The lowest BCUT2D eigenvalue weighted by molar-refractivity contribution is 0.619. The van der Waals surface area contributed by atoms with Gasteiger partial charge in [0.25, 0.3) is 0 Å². The molecule has 0 saturated carbocycles. The fraction of sp³-hybridized carbons (Fsp3) is 0.143. The molecule has 0 amide bonds. The zero-order chi connectivity index (χ0) is 14.0. The average Bonchev–Trinajstić information content (AvgIpc) is 2.36. The first-order valence-corrected chi connectivity index (χ1v) is 7.22. The third kappa shape index (κ3) is 3.63. The quantitative estimate of drug-likeness (QED) is 0.831. The van der Waals surface area contributed by atoms with E-state index in [1.54, 1.807) is 18.2 Å². The van der Waals surface area contributed by atoms with E-state index in [-0.39, 0.29) is 11.9 Å². The lowest BCUT2D eigenvalue weighted by Crippen LogP contribution is -2.06. The Labute approximate surface area is 125 Å². The Morgan fingerprint density at radius 1 is 1.11 bits per heavy atom. The summed E-state index contributed by atoms with van der Waals surface area (Å²) in [6.07, 6.45) is 0. The van der Waals surface area contributed by atoms with Crippen LogP contribution in [0.3, 0.4) is 0 Å². The summed E-state index contributed by atoms with van der Waals surface area (Å²) in [5.41, 5.74) is 6.64. The summed E-state index contributed by atoms with van der Waals surface area (Å²) in [6, 6.07) is 9.76. The molecule has 0 spiro atoms. The maximum absolute atomic E-state index is 13.3. The van der Waals surface area contributed by atoms with Gasteiger partial charge in [-0.15, -0.1) is 0 Å². The molecule has 0 fully saturated rings. The van der Waals surface area contributed by atoms with Gasteiger partial charge < -0.3 is 5.73 Å². The second-order valence-corrected chi connectivity index (χ2v) is 6.08. The Morgan fingerprint density at radius 3 is 2.47 bits per heavy atom. The Kier molecular flexibility index (Phi) is 4.74. The lowest BCUT2D eigenvalue weighted by atomic mass is 10.1. The number of benzene rings is 2. The lowest BCUT2D eigenvalue weighted by Gasteiger charge is -2.12. The van der Waals surface area contributed by atoms with E-state index in [9.17, 15) is 4.39 Å². The summed E-state index contributed by atoms with van der Waals surface area (Å²) in [7, 11) is 0. The van der Waals surface area contributed by atoms with Crippen LogP contribution in [0.15, 0.2) is 46.2 Å². The Bertz CT molecular complexity index is 602. The third-order valence-electron chi connectivity index (χ3n) is 2.58. The van der Waals surface area contributed by atoms with Gasteiger partial charge in [0.15, 0.2) is 0 Å². The molecule has 0 unspecified atom stereocenters. The fourth-order valence-corrected chi connectivity index (χ4v) is 3.06. The zero-order valence-electron chi connectivity index (χ0n) is 10.2. The molecule has 1 atom stereocenters. The standard InChI is InChI=1S/C14H12Cl2FNS/c1-8(18)11-6-9(17)2-5-14(11)19-10-3-4-12(15)13(16)7-10/h2-8H,18H2,1H3/t8-/m0/s1. The van der Waals surface area contributed by atoms with E-state index in [4.69, 9.17) is 28.9 Å². The second kappa shape index (κ2) is 6.14. The molecule has 0 aliphatic heterocycles. The van der Waals surface area contributed by atoms with Crippen molar-refractivity contribution in [2.45, 2.75) is 22.8 Å². The molecule has 0 aliphatic carbocycles. The van der Waals surface area contributed by atoms with Gasteiger partial charge in [0.1, 0.15) is 5.82 Å². The number of hydrogen-bond donors (Lipinski definition) is 1. The molecule has 1 nitrogen and oxygen atoms in total. The van der Waals surface area contributed by atoms with Gasteiger partial charge in [0.05, 0.1) is 10.0 Å². The van der Waals surface area contributed by atoms with Crippen molar-refractivity contribution in [1.82, 2.24) is 0 Å². The topological polar surface area (TPSA) is 26.0 Å². The summed E-state index contributed by atoms with van der Waals surface area (Å²) in [6.45, 7) is 1.83. The van der Waals surface area contributed by atoms with Crippen molar-refractivity contribution < 1.29 is 4.39 Å². The van der Waals surface area contributed by atoms with E-state index in [2.05, 4.69) is 0 Å². The fourth-order valence-electron chi connectivity index (χ4n) is 1.64. The van der Waals surface area contributed by atoms with Gasteiger partial charge in [0, 0.05) is 15.8 Å². The molecule has 0 heterocycles. The summed E-state index contributed by atoms with van der Waals surface area (Å²) in [4.78, 5) is 1.85. The Balaban J connectivity index is 2.35. The predicted molar refractivity (Wildman–Crippen MR) is 79.6 cm³/mol. The van der Waals surface area contributed by atoms with Gasteiger partial charge in [-0.25, -0.2) is 4.39 Å². The van der Waals surface area contributed by atoms with Gasteiger partial charge in [0.2, 0.25) is 0 Å². The molecule has 0 bridgehead atoms. The maximum atomic E-state index is 13.3. The molecule has 2 N–H and O–H groups in total. The van der Waals surface area contributed by atoms with Crippen LogP contribution < -0.4 is 5.73 Å². The molecule has 0 aliphatic rings. The molecule has 2 rings (SSSR count). The predicted octanol–water partition coefficient (Wildman–Crippen LogP) is 5.30. The monoisotopic (exact) mass is 315 g/mol. The van der Waals surface area contributed by atoms with Crippen LogP contribution in [0.2, 0.25) is 10.0 Å². The van der Waals surface area contributed by atoms with Gasteiger partial charge in [-0.05, 0) is 48.9 Å². The molecular formula is C14H12Cl2FNS. The van der Waals surface area contributed by atoms with Crippen molar-refractivity contribution in [2.75, 3.05) is 0 Å². The van der Waals surface area contributed by atoms with Crippen LogP contribution in [-0.4, -0.2) is 0 Å². The molecule has 100 valence electrons. The minimum atomic E-state index is -0.286. The number of nitrogens with two attached hydrogens (primary N) is 1. The second-order valence-electron chi connectivity index (χ2n) is 4.15. The highest BCUT2D eigenvalue weighted by Gasteiger charge is 2.10. The number of hydrogen-bond acceptors (Lipinski definition) is 2. The van der Waals surface area contributed by atoms with Crippen molar-refractivity contribution >= 4 is 35.0 Å². The maximum Gasteiger partial charge on any atom is 0.123 e. The largest absolute Gasteiger partial charge is 0.324 e. The first kappa shape index (κ1) is 14.7. The van der Waals surface area contributed by atoms with Crippen LogP contribution in [0.25, 0.3) is 0 Å². The minimum Gasteiger partial charge on any atom is -0.324 e. The van der Waals surface area contributed by atoms with Crippen molar-refractivity contribution in [1.29, 1.82) is 0 Å². The van der Waals surface area contributed by atoms with Crippen molar-refractivity contribution in [3.8, 4) is 0 Å². The molecule has 5 heteroatoms.